The number of amides is 1. The third-order valence-corrected chi connectivity index (χ3v) is 4.11. The zero-order valence-corrected chi connectivity index (χ0v) is 16.4. The summed E-state index contributed by atoms with van der Waals surface area (Å²) in [6, 6.07) is 13.9. The number of esters is 1. The van der Waals surface area contributed by atoms with Gasteiger partial charge in [-0.05, 0) is 55.5 Å². The maximum absolute atomic E-state index is 12.2. The van der Waals surface area contributed by atoms with Gasteiger partial charge in [0.05, 0.1) is 13.2 Å². The lowest BCUT2D eigenvalue weighted by Crippen LogP contribution is -2.28. The van der Waals surface area contributed by atoms with E-state index in [-0.39, 0.29) is 18.0 Å². The van der Waals surface area contributed by atoms with Crippen molar-refractivity contribution in [3.05, 3.63) is 71.1 Å². The average molecular weight is 415 g/mol. The molecule has 0 atom stereocenters. The van der Waals surface area contributed by atoms with Gasteiger partial charge in [0.25, 0.3) is 5.91 Å². The molecule has 1 aromatic carbocycles. The minimum Gasteiger partial charge on any atom is -0.477 e. The van der Waals surface area contributed by atoms with E-state index in [1.54, 1.807) is 31.2 Å². The Balaban J connectivity index is 1.49. The van der Waals surface area contributed by atoms with Crippen LogP contribution >= 0.6 is 11.6 Å². The van der Waals surface area contributed by atoms with Crippen LogP contribution in [0, 0.1) is 0 Å². The number of carbonyl (C=O) groups is 2. The fraction of sp³-hybridized carbons (Fsp3) is 0.190. The summed E-state index contributed by atoms with van der Waals surface area (Å²) in [5, 5.41) is 3.28. The van der Waals surface area contributed by atoms with Crippen molar-refractivity contribution in [1.82, 2.24) is 10.3 Å². The van der Waals surface area contributed by atoms with E-state index in [1.807, 2.05) is 18.2 Å². The Labute approximate surface area is 172 Å². The molecule has 1 amide bonds. The molecular formula is C21H19ClN2O5. The molecule has 3 aromatic rings. The van der Waals surface area contributed by atoms with Gasteiger partial charge in [0.2, 0.25) is 5.88 Å². The molecule has 0 saturated heterocycles. The summed E-state index contributed by atoms with van der Waals surface area (Å²) in [5.41, 5.74) is 1.04. The van der Waals surface area contributed by atoms with Crippen LogP contribution < -0.4 is 10.1 Å². The SMILES string of the molecule is CCOc1ncccc1C(=O)OCC(=O)NCc1ccc(-c2ccc(Cl)cc2)o1. The van der Waals surface area contributed by atoms with Crippen LogP contribution in [0.3, 0.4) is 0 Å². The van der Waals surface area contributed by atoms with Crippen LogP contribution in [0.1, 0.15) is 23.0 Å². The number of ether oxygens (including phenoxy) is 2. The van der Waals surface area contributed by atoms with Gasteiger partial charge >= 0.3 is 5.97 Å². The molecule has 0 bridgehead atoms. The van der Waals surface area contributed by atoms with E-state index in [0.717, 1.165) is 5.56 Å². The number of rotatable bonds is 8. The maximum atomic E-state index is 12.2. The van der Waals surface area contributed by atoms with Crippen molar-refractivity contribution >= 4 is 23.5 Å². The summed E-state index contributed by atoms with van der Waals surface area (Å²) < 4.78 is 16.0. The Bertz CT molecular complexity index is 985. The lowest BCUT2D eigenvalue weighted by atomic mass is 10.2. The van der Waals surface area contributed by atoms with Crippen molar-refractivity contribution in [2.24, 2.45) is 0 Å². The number of hydrogen-bond acceptors (Lipinski definition) is 6. The monoisotopic (exact) mass is 414 g/mol. The number of hydrogen-bond donors (Lipinski definition) is 1. The molecular weight excluding hydrogens is 396 g/mol. The summed E-state index contributed by atoms with van der Waals surface area (Å²) in [4.78, 5) is 28.1. The minimum atomic E-state index is -0.681. The number of benzene rings is 1. The summed E-state index contributed by atoms with van der Waals surface area (Å²) in [6.07, 6.45) is 1.51. The fourth-order valence-corrected chi connectivity index (χ4v) is 2.61. The predicted molar refractivity (Wildman–Crippen MR) is 107 cm³/mol. The number of furan rings is 1. The van der Waals surface area contributed by atoms with Crippen molar-refractivity contribution in [3.8, 4) is 17.2 Å². The third-order valence-electron chi connectivity index (χ3n) is 3.86. The predicted octanol–water partition coefficient (Wildman–Crippen LogP) is 3.87. The van der Waals surface area contributed by atoms with Gasteiger partial charge in [-0.3, -0.25) is 4.79 Å². The Morgan fingerprint density at radius 1 is 1.14 bits per heavy atom. The normalized spacial score (nSPS) is 10.4. The Kier molecular flexibility index (Phi) is 6.86. The molecule has 0 aliphatic heterocycles. The highest BCUT2D eigenvalue weighted by Crippen LogP contribution is 2.23. The number of aromatic nitrogens is 1. The second-order valence-electron chi connectivity index (χ2n) is 5.91. The van der Waals surface area contributed by atoms with E-state index in [1.165, 1.54) is 12.3 Å². The zero-order chi connectivity index (χ0) is 20.6. The van der Waals surface area contributed by atoms with E-state index >= 15 is 0 Å². The minimum absolute atomic E-state index is 0.167. The number of nitrogens with one attached hydrogen (secondary N) is 1. The van der Waals surface area contributed by atoms with Crippen LogP contribution in [0.15, 0.2) is 59.1 Å². The van der Waals surface area contributed by atoms with Gasteiger partial charge in [0.1, 0.15) is 17.1 Å². The number of halogens is 1. The number of nitrogens with zero attached hydrogens (tertiary/aromatic N) is 1. The van der Waals surface area contributed by atoms with E-state index in [4.69, 9.17) is 25.5 Å². The van der Waals surface area contributed by atoms with Gasteiger partial charge in [-0.15, -0.1) is 0 Å². The molecule has 2 heterocycles. The van der Waals surface area contributed by atoms with Gasteiger partial charge in [-0.2, -0.15) is 0 Å². The molecule has 0 unspecified atom stereocenters. The van der Waals surface area contributed by atoms with Gasteiger partial charge in [0, 0.05) is 16.8 Å². The molecule has 3 rings (SSSR count). The smallest absolute Gasteiger partial charge is 0.344 e. The first kappa shape index (κ1) is 20.4. The van der Waals surface area contributed by atoms with Crippen LogP contribution in [0.25, 0.3) is 11.3 Å². The summed E-state index contributed by atoms with van der Waals surface area (Å²) in [5.74, 6) is 0.271. The van der Waals surface area contributed by atoms with Crippen LogP contribution in [0.4, 0.5) is 0 Å². The molecule has 29 heavy (non-hydrogen) atoms. The highest BCUT2D eigenvalue weighted by Gasteiger charge is 2.16. The van der Waals surface area contributed by atoms with E-state index in [2.05, 4.69) is 10.3 Å². The zero-order valence-electron chi connectivity index (χ0n) is 15.7. The molecule has 0 aliphatic rings. The molecule has 8 heteroatoms. The Morgan fingerprint density at radius 2 is 1.93 bits per heavy atom. The van der Waals surface area contributed by atoms with E-state index in [9.17, 15) is 9.59 Å². The van der Waals surface area contributed by atoms with Crippen LogP contribution in [0.5, 0.6) is 5.88 Å². The van der Waals surface area contributed by atoms with Crippen molar-refractivity contribution < 1.29 is 23.5 Å². The molecule has 0 aliphatic carbocycles. The first-order valence-corrected chi connectivity index (χ1v) is 9.31. The highest BCUT2D eigenvalue weighted by atomic mass is 35.5. The molecule has 1 N–H and O–H groups in total. The van der Waals surface area contributed by atoms with E-state index < -0.39 is 18.5 Å². The Hall–Kier alpha value is -3.32. The highest BCUT2D eigenvalue weighted by molar-refractivity contribution is 6.30. The lowest BCUT2D eigenvalue weighted by molar-refractivity contribution is -0.124. The standard InChI is InChI=1S/C21H19ClN2O5/c1-2-27-20-17(4-3-11-23-20)21(26)28-13-19(25)24-12-16-9-10-18(29-16)14-5-7-15(22)8-6-14/h3-11H,2,12-13H2,1H3,(H,24,25). The molecule has 150 valence electrons. The molecule has 0 radical (unpaired) electrons. The van der Waals surface area contributed by atoms with Crippen molar-refractivity contribution in [3.63, 3.8) is 0 Å². The molecule has 0 spiro atoms. The average Bonchev–Trinajstić information content (AvgIpc) is 3.21. The summed E-state index contributed by atoms with van der Waals surface area (Å²) in [7, 11) is 0. The van der Waals surface area contributed by atoms with Gasteiger partial charge in [0.15, 0.2) is 6.61 Å². The topological polar surface area (TPSA) is 90.7 Å². The van der Waals surface area contributed by atoms with Crippen molar-refractivity contribution in [2.75, 3.05) is 13.2 Å². The third kappa shape index (κ3) is 5.58. The van der Waals surface area contributed by atoms with Gasteiger partial charge in [-0.1, -0.05) is 11.6 Å². The van der Waals surface area contributed by atoms with Crippen LogP contribution in [-0.2, 0) is 16.1 Å². The summed E-state index contributed by atoms with van der Waals surface area (Å²) >= 11 is 5.88. The second-order valence-corrected chi connectivity index (χ2v) is 6.35. The molecule has 7 nitrogen and oxygen atoms in total. The quantitative estimate of drug-likeness (QED) is 0.563. The number of pyridine rings is 1. The molecule has 0 saturated carbocycles. The fourth-order valence-electron chi connectivity index (χ4n) is 2.49. The van der Waals surface area contributed by atoms with E-state index in [0.29, 0.717) is 23.2 Å². The molecule has 0 fully saturated rings. The second kappa shape index (κ2) is 9.75. The molecule has 2 aromatic heterocycles. The summed E-state index contributed by atoms with van der Waals surface area (Å²) in [6.45, 7) is 1.88. The maximum Gasteiger partial charge on any atom is 0.344 e. The van der Waals surface area contributed by atoms with Gasteiger partial charge < -0.3 is 19.2 Å². The van der Waals surface area contributed by atoms with Crippen molar-refractivity contribution in [1.29, 1.82) is 0 Å². The van der Waals surface area contributed by atoms with Crippen LogP contribution in [0.2, 0.25) is 5.02 Å². The van der Waals surface area contributed by atoms with Crippen LogP contribution in [-0.4, -0.2) is 30.1 Å². The van der Waals surface area contributed by atoms with Gasteiger partial charge in [-0.25, -0.2) is 9.78 Å². The lowest BCUT2D eigenvalue weighted by Gasteiger charge is -2.09. The van der Waals surface area contributed by atoms with Crippen molar-refractivity contribution in [2.45, 2.75) is 13.5 Å². The largest absolute Gasteiger partial charge is 0.477 e. The first-order chi connectivity index (χ1) is 14.1. The number of carbonyl (C=O) groups excluding carboxylic acids is 2. The first-order valence-electron chi connectivity index (χ1n) is 8.93. The Morgan fingerprint density at radius 3 is 2.69 bits per heavy atom.